The molecule has 152 valence electrons. The van der Waals surface area contributed by atoms with E-state index >= 15 is 0 Å². The van der Waals surface area contributed by atoms with Gasteiger partial charge in [-0.1, -0.05) is 40.4 Å². The molecule has 0 aliphatic heterocycles. The summed E-state index contributed by atoms with van der Waals surface area (Å²) in [4.78, 5) is 12.5. The Morgan fingerprint density at radius 1 is 1.10 bits per heavy atom. The zero-order chi connectivity index (χ0) is 21.2. The second-order valence-electron chi connectivity index (χ2n) is 6.50. The van der Waals surface area contributed by atoms with Crippen LogP contribution >= 0.6 is 23.2 Å². The highest BCUT2D eigenvalue weighted by Gasteiger charge is 2.19. The molecule has 1 amide bonds. The quantitative estimate of drug-likeness (QED) is 0.592. The van der Waals surface area contributed by atoms with Crippen LogP contribution < -0.4 is 5.32 Å². The van der Waals surface area contributed by atoms with E-state index in [9.17, 15) is 13.2 Å². The van der Waals surface area contributed by atoms with Gasteiger partial charge in [0.05, 0.1) is 27.2 Å². The highest BCUT2D eigenvalue weighted by molar-refractivity contribution is 7.92. The Bertz CT molecular complexity index is 1140. The normalized spacial score (nSPS) is 11.6. The molecule has 0 atom stereocenters. The number of carbonyl (C=O) groups is 1. The maximum atomic E-state index is 12.2. The topological polar surface area (TPSA) is 102 Å². The molecule has 0 radical (unpaired) electrons. The summed E-state index contributed by atoms with van der Waals surface area (Å²) in [6.07, 6.45) is 0.0115. The van der Waals surface area contributed by atoms with Crippen molar-refractivity contribution < 1.29 is 17.6 Å². The molecule has 29 heavy (non-hydrogen) atoms. The zero-order valence-electron chi connectivity index (χ0n) is 15.5. The van der Waals surface area contributed by atoms with Gasteiger partial charge in [-0.15, -0.1) is 5.10 Å². The van der Waals surface area contributed by atoms with E-state index in [4.69, 9.17) is 27.6 Å². The van der Waals surface area contributed by atoms with E-state index in [1.807, 2.05) is 0 Å². The maximum absolute atomic E-state index is 12.2. The number of nitrogens with zero attached hydrogens (tertiary/aromatic N) is 2. The van der Waals surface area contributed by atoms with E-state index in [1.54, 1.807) is 44.2 Å². The maximum Gasteiger partial charge on any atom is 0.322 e. The standard InChI is InChI=1S/C19H17Cl2N3O4S/c1-11(2)29(26,27)14-6-3-12(4-7-14)9-17(25)22-19-24-23-18(28-19)15-10-13(20)5-8-16(15)21/h3-8,10-11H,9H2,1-2H3,(H,22,24,25). The van der Waals surface area contributed by atoms with E-state index in [1.165, 1.54) is 12.1 Å². The Balaban J connectivity index is 1.67. The van der Waals surface area contributed by atoms with Crippen LogP contribution in [0.4, 0.5) is 6.01 Å². The van der Waals surface area contributed by atoms with Crippen LogP contribution in [-0.2, 0) is 21.1 Å². The first-order chi connectivity index (χ1) is 13.7. The van der Waals surface area contributed by atoms with Gasteiger partial charge in [0.2, 0.25) is 5.91 Å². The molecule has 0 saturated carbocycles. The summed E-state index contributed by atoms with van der Waals surface area (Å²) in [5.74, 6) is -0.270. The lowest BCUT2D eigenvalue weighted by Crippen LogP contribution is -2.16. The fraction of sp³-hybridized carbons (Fsp3) is 0.211. The molecule has 7 nitrogen and oxygen atoms in total. The van der Waals surface area contributed by atoms with Gasteiger partial charge < -0.3 is 4.42 Å². The number of nitrogens with one attached hydrogen (secondary N) is 1. The summed E-state index contributed by atoms with van der Waals surface area (Å²) in [5, 5.41) is 10.5. The van der Waals surface area contributed by atoms with Crippen molar-refractivity contribution in [3.05, 3.63) is 58.1 Å². The number of hydrogen-bond acceptors (Lipinski definition) is 6. The molecule has 0 bridgehead atoms. The van der Waals surface area contributed by atoms with Crippen LogP contribution in [-0.4, -0.2) is 29.8 Å². The Morgan fingerprint density at radius 2 is 1.79 bits per heavy atom. The molecular weight excluding hydrogens is 437 g/mol. The predicted molar refractivity (Wildman–Crippen MR) is 111 cm³/mol. The molecule has 1 heterocycles. The molecule has 1 aromatic heterocycles. The SMILES string of the molecule is CC(C)S(=O)(=O)c1ccc(CC(=O)Nc2nnc(-c3cc(Cl)ccc3Cl)o2)cc1. The average molecular weight is 454 g/mol. The van der Waals surface area contributed by atoms with E-state index < -0.39 is 21.0 Å². The predicted octanol–water partition coefficient (Wildman–Crippen LogP) is 4.41. The molecule has 0 unspecified atom stereocenters. The molecule has 0 saturated heterocycles. The Morgan fingerprint density at radius 3 is 2.45 bits per heavy atom. The number of aromatic nitrogens is 2. The summed E-state index contributed by atoms with van der Waals surface area (Å²) in [6.45, 7) is 3.23. The third kappa shape index (κ3) is 4.95. The third-order valence-electron chi connectivity index (χ3n) is 4.07. The lowest BCUT2D eigenvalue weighted by molar-refractivity contribution is -0.115. The highest BCUT2D eigenvalue weighted by Crippen LogP contribution is 2.30. The summed E-state index contributed by atoms with van der Waals surface area (Å²) in [6, 6.07) is 10.9. The summed E-state index contributed by atoms with van der Waals surface area (Å²) in [7, 11) is -3.35. The van der Waals surface area contributed by atoms with Gasteiger partial charge >= 0.3 is 6.01 Å². The number of halogens is 2. The summed E-state index contributed by atoms with van der Waals surface area (Å²) < 4.78 is 29.7. The molecule has 0 aliphatic rings. The first-order valence-corrected chi connectivity index (χ1v) is 10.9. The van der Waals surface area contributed by atoms with Crippen molar-refractivity contribution in [2.75, 3.05) is 5.32 Å². The fourth-order valence-corrected chi connectivity index (χ4v) is 3.89. The fourth-order valence-electron chi connectivity index (χ4n) is 2.46. The summed E-state index contributed by atoms with van der Waals surface area (Å²) in [5.41, 5.74) is 1.09. The van der Waals surface area contributed by atoms with Crippen molar-refractivity contribution in [2.45, 2.75) is 30.4 Å². The third-order valence-corrected chi connectivity index (χ3v) is 6.80. The van der Waals surface area contributed by atoms with Gasteiger partial charge in [0.1, 0.15) is 0 Å². The van der Waals surface area contributed by atoms with E-state index in [0.29, 0.717) is 21.2 Å². The van der Waals surface area contributed by atoms with Gasteiger partial charge in [-0.25, -0.2) is 8.42 Å². The van der Waals surface area contributed by atoms with E-state index in [0.717, 1.165) is 0 Å². The van der Waals surface area contributed by atoms with Crippen LogP contribution in [0.1, 0.15) is 19.4 Å². The Kier molecular flexibility index (Phi) is 6.26. The van der Waals surface area contributed by atoms with Gasteiger partial charge in [0.15, 0.2) is 9.84 Å². The van der Waals surface area contributed by atoms with Crippen molar-refractivity contribution in [2.24, 2.45) is 0 Å². The lowest BCUT2D eigenvalue weighted by Gasteiger charge is -2.08. The van der Waals surface area contributed by atoms with Crippen LogP contribution in [0.15, 0.2) is 51.8 Å². The van der Waals surface area contributed by atoms with Crippen LogP contribution in [0, 0.1) is 0 Å². The molecule has 2 aromatic carbocycles. The number of sulfone groups is 1. The monoisotopic (exact) mass is 453 g/mol. The molecule has 3 aromatic rings. The average Bonchev–Trinajstić information content (AvgIpc) is 3.12. The van der Waals surface area contributed by atoms with Crippen LogP contribution in [0.2, 0.25) is 10.0 Å². The van der Waals surface area contributed by atoms with Crippen molar-refractivity contribution in [3.8, 4) is 11.5 Å². The minimum atomic E-state index is -3.35. The van der Waals surface area contributed by atoms with E-state index in [2.05, 4.69) is 15.5 Å². The number of benzene rings is 2. The molecular formula is C19H17Cl2N3O4S. The largest absolute Gasteiger partial charge is 0.403 e. The number of carbonyl (C=O) groups excluding carboxylic acids is 1. The van der Waals surface area contributed by atoms with Gasteiger partial charge in [0.25, 0.3) is 5.89 Å². The van der Waals surface area contributed by atoms with Crippen molar-refractivity contribution in [1.82, 2.24) is 10.2 Å². The second kappa shape index (κ2) is 8.52. The van der Waals surface area contributed by atoms with Gasteiger partial charge in [0, 0.05) is 5.02 Å². The van der Waals surface area contributed by atoms with E-state index in [-0.39, 0.29) is 23.2 Å². The number of hydrogen-bond donors (Lipinski definition) is 1. The second-order valence-corrected chi connectivity index (χ2v) is 9.85. The molecule has 10 heteroatoms. The van der Waals surface area contributed by atoms with Crippen molar-refractivity contribution >= 4 is 45.0 Å². The Hall–Kier alpha value is -2.42. The van der Waals surface area contributed by atoms with Crippen molar-refractivity contribution in [1.29, 1.82) is 0 Å². The van der Waals surface area contributed by atoms with Crippen LogP contribution in [0.5, 0.6) is 0 Å². The van der Waals surface area contributed by atoms with Gasteiger partial charge in [-0.2, -0.15) is 0 Å². The summed E-state index contributed by atoms with van der Waals surface area (Å²) >= 11 is 12.0. The zero-order valence-corrected chi connectivity index (χ0v) is 17.8. The Labute approximate surface area is 178 Å². The first-order valence-electron chi connectivity index (χ1n) is 8.58. The molecule has 0 aliphatic carbocycles. The minimum Gasteiger partial charge on any atom is -0.403 e. The van der Waals surface area contributed by atoms with Crippen LogP contribution in [0.25, 0.3) is 11.5 Å². The molecule has 0 fully saturated rings. The van der Waals surface area contributed by atoms with Crippen LogP contribution in [0.3, 0.4) is 0 Å². The first kappa shape index (κ1) is 21.3. The number of amides is 1. The molecule has 0 spiro atoms. The number of rotatable bonds is 6. The molecule has 3 rings (SSSR count). The van der Waals surface area contributed by atoms with Crippen molar-refractivity contribution in [3.63, 3.8) is 0 Å². The highest BCUT2D eigenvalue weighted by atomic mass is 35.5. The van der Waals surface area contributed by atoms with Gasteiger partial charge in [-0.05, 0) is 49.7 Å². The number of anilines is 1. The minimum absolute atomic E-state index is 0.0115. The smallest absolute Gasteiger partial charge is 0.322 e. The van der Waals surface area contributed by atoms with Gasteiger partial charge in [-0.3, -0.25) is 10.1 Å². The lowest BCUT2D eigenvalue weighted by atomic mass is 10.1. The molecule has 1 N–H and O–H groups in total.